The molecule has 1 amide bonds. The molecule has 0 spiro atoms. The first-order chi connectivity index (χ1) is 10.9. The van der Waals surface area contributed by atoms with Crippen LogP contribution in [0.25, 0.3) is 6.08 Å². The molecule has 0 aliphatic heterocycles. The van der Waals surface area contributed by atoms with Crippen molar-refractivity contribution in [2.24, 2.45) is 0 Å². The topological polar surface area (TPSA) is 68.5 Å². The Balaban J connectivity index is 1.80. The minimum atomic E-state index is -0.644. The number of carbonyl (C=O) groups is 2. The molecule has 2 rings (SSSR count). The van der Waals surface area contributed by atoms with E-state index in [9.17, 15) is 9.59 Å². The lowest BCUT2D eigenvalue weighted by Gasteiger charge is -2.06. The second kappa shape index (κ2) is 7.99. The molecule has 0 atom stereocenters. The highest BCUT2D eigenvalue weighted by Crippen LogP contribution is 2.19. The number of nitrogens with one attached hydrogen (secondary N) is 1. The zero-order valence-electron chi connectivity index (χ0n) is 12.1. The molecular formula is C16H13BrClNO4. The summed E-state index contributed by atoms with van der Waals surface area (Å²) in [6, 6.07) is 8.52. The van der Waals surface area contributed by atoms with Crippen LogP contribution in [0.5, 0.6) is 0 Å². The number of furan rings is 1. The molecule has 0 aliphatic carbocycles. The van der Waals surface area contributed by atoms with Crippen molar-refractivity contribution in [2.45, 2.75) is 6.92 Å². The number of ether oxygens (including phenoxy) is 1. The fourth-order valence-corrected chi connectivity index (χ4v) is 2.12. The van der Waals surface area contributed by atoms with Crippen LogP contribution in [-0.4, -0.2) is 18.5 Å². The van der Waals surface area contributed by atoms with E-state index in [4.69, 9.17) is 20.8 Å². The molecule has 1 aromatic carbocycles. The molecule has 1 heterocycles. The summed E-state index contributed by atoms with van der Waals surface area (Å²) in [5.41, 5.74) is 1.45. The largest absolute Gasteiger partial charge is 0.452 e. The molecule has 7 heteroatoms. The lowest BCUT2D eigenvalue weighted by atomic mass is 10.2. The number of carbonyl (C=O) groups excluding carboxylic acids is 2. The maximum Gasteiger partial charge on any atom is 0.331 e. The van der Waals surface area contributed by atoms with Gasteiger partial charge in [-0.3, -0.25) is 4.79 Å². The lowest BCUT2D eigenvalue weighted by molar-refractivity contribution is -0.142. The summed E-state index contributed by atoms with van der Waals surface area (Å²) >= 11 is 9.12. The number of halogens is 2. The standard InChI is InChI=1S/C16H13BrClNO4/c1-10-2-3-11(8-13(10)18)19-15(20)9-22-16(21)7-5-12-4-6-14(17)23-12/h2-8H,9H2,1H3,(H,19,20)/b7-5+. The number of esters is 1. The Kier molecular flexibility index (Phi) is 6.01. The number of hydrogen-bond acceptors (Lipinski definition) is 4. The van der Waals surface area contributed by atoms with Crippen molar-refractivity contribution in [1.29, 1.82) is 0 Å². The molecule has 23 heavy (non-hydrogen) atoms. The molecule has 0 fully saturated rings. The molecule has 0 unspecified atom stereocenters. The van der Waals surface area contributed by atoms with Gasteiger partial charge in [-0.2, -0.15) is 0 Å². The van der Waals surface area contributed by atoms with E-state index in [0.717, 1.165) is 5.56 Å². The molecule has 0 saturated carbocycles. The van der Waals surface area contributed by atoms with Crippen molar-refractivity contribution in [3.05, 3.63) is 57.4 Å². The fourth-order valence-electron chi connectivity index (χ4n) is 1.62. The van der Waals surface area contributed by atoms with E-state index in [1.807, 2.05) is 6.92 Å². The molecule has 0 saturated heterocycles. The van der Waals surface area contributed by atoms with Gasteiger partial charge in [0, 0.05) is 16.8 Å². The third-order valence-corrected chi connectivity index (χ3v) is 3.61. The fraction of sp³-hybridized carbons (Fsp3) is 0.125. The highest BCUT2D eigenvalue weighted by molar-refractivity contribution is 9.10. The summed E-state index contributed by atoms with van der Waals surface area (Å²) < 4.78 is 10.6. The summed E-state index contributed by atoms with van der Waals surface area (Å²) in [5.74, 6) is -0.602. The molecule has 0 radical (unpaired) electrons. The van der Waals surface area contributed by atoms with Gasteiger partial charge in [-0.15, -0.1) is 0 Å². The van der Waals surface area contributed by atoms with Crippen LogP contribution in [0.4, 0.5) is 5.69 Å². The quantitative estimate of drug-likeness (QED) is 0.605. The second-order valence-electron chi connectivity index (χ2n) is 4.60. The highest BCUT2D eigenvalue weighted by atomic mass is 79.9. The summed E-state index contributed by atoms with van der Waals surface area (Å²) in [5, 5.41) is 3.14. The third-order valence-electron chi connectivity index (χ3n) is 2.78. The molecule has 0 bridgehead atoms. The van der Waals surface area contributed by atoms with Crippen molar-refractivity contribution in [2.75, 3.05) is 11.9 Å². The Morgan fingerprint density at radius 1 is 1.35 bits per heavy atom. The van der Waals surface area contributed by atoms with Crippen LogP contribution in [0.15, 0.2) is 45.5 Å². The second-order valence-corrected chi connectivity index (χ2v) is 5.78. The zero-order chi connectivity index (χ0) is 16.8. The van der Waals surface area contributed by atoms with Crippen LogP contribution in [0.2, 0.25) is 5.02 Å². The summed E-state index contributed by atoms with van der Waals surface area (Å²) in [6.45, 7) is 1.47. The number of anilines is 1. The monoisotopic (exact) mass is 397 g/mol. The zero-order valence-corrected chi connectivity index (χ0v) is 14.5. The van der Waals surface area contributed by atoms with Gasteiger partial charge in [-0.25, -0.2) is 4.79 Å². The van der Waals surface area contributed by atoms with E-state index in [1.165, 1.54) is 12.2 Å². The predicted octanol–water partition coefficient (Wildman–Crippen LogP) is 4.20. The van der Waals surface area contributed by atoms with Crippen molar-refractivity contribution >= 4 is 51.2 Å². The van der Waals surface area contributed by atoms with E-state index < -0.39 is 18.5 Å². The van der Waals surface area contributed by atoms with Gasteiger partial charge in [0.25, 0.3) is 5.91 Å². The maximum absolute atomic E-state index is 11.7. The van der Waals surface area contributed by atoms with E-state index in [0.29, 0.717) is 21.1 Å². The van der Waals surface area contributed by atoms with Crippen molar-refractivity contribution in [3.8, 4) is 0 Å². The van der Waals surface area contributed by atoms with Gasteiger partial charge in [-0.1, -0.05) is 17.7 Å². The summed E-state index contributed by atoms with van der Waals surface area (Å²) in [7, 11) is 0. The van der Waals surface area contributed by atoms with Crippen molar-refractivity contribution < 1.29 is 18.7 Å². The molecule has 120 valence electrons. The van der Waals surface area contributed by atoms with Gasteiger partial charge in [-0.05, 0) is 58.8 Å². The number of hydrogen-bond donors (Lipinski definition) is 1. The van der Waals surface area contributed by atoms with Crippen LogP contribution >= 0.6 is 27.5 Å². The Morgan fingerprint density at radius 3 is 2.78 bits per heavy atom. The van der Waals surface area contributed by atoms with Gasteiger partial charge in [0.1, 0.15) is 5.76 Å². The van der Waals surface area contributed by atoms with Gasteiger partial charge < -0.3 is 14.5 Å². The maximum atomic E-state index is 11.7. The molecule has 2 aromatic rings. The van der Waals surface area contributed by atoms with E-state index in [1.54, 1.807) is 30.3 Å². The lowest BCUT2D eigenvalue weighted by Crippen LogP contribution is -2.20. The molecule has 1 aromatic heterocycles. The van der Waals surface area contributed by atoms with Crippen molar-refractivity contribution in [3.63, 3.8) is 0 Å². The first-order valence-corrected chi connectivity index (χ1v) is 7.77. The van der Waals surface area contributed by atoms with Crippen LogP contribution < -0.4 is 5.32 Å². The van der Waals surface area contributed by atoms with Crippen LogP contribution in [0.3, 0.4) is 0 Å². The summed E-state index contributed by atoms with van der Waals surface area (Å²) in [4.78, 5) is 23.2. The van der Waals surface area contributed by atoms with Gasteiger partial charge in [0.05, 0.1) is 0 Å². The molecule has 0 aliphatic rings. The number of benzene rings is 1. The van der Waals surface area contributed by atoms with E-state index in [2.05, 4.69) is 21.2 Å². The van der Waals surface area contributed by atoms with Gasteiger partial charge in [0.2, 0.25) is 0 Å². The minimum absolute atomic E-state index is 0.392. The first kappa shape index (κ1) is 17.3. The number of amides is 1. The van der Waals surface area contributed by atoms with Crippen LogP contribution in [0.1, 0.15) is 11.3 Å². The van der Waals surface area contributed by atoms with Crippen LogP contribution in [-0.2, 0) is 14.3 Å². The van der Waals surface area contributed by atoms with Gasteiger partial charge in [0.15, 0.2) is 11.3 Å². The minimum Gasteiger partial charge on any atom is -0.452 e. The summed E-state index contributed by atoms with van der Waals surface area (Å²) in [6.07, 6.45) is 2.63. The SMILES string of the molecule is Cc1ccc(NC(=O)COC(=O)/C=C/c2ccc(Br)o2)cc1Cl. The van der Waals surface area contributed by atoms with E-state index in [-0.39, 0.29) is 0 Å². The number of rotatable bonds is 5. The normalized spacial score (nSPS) is 10.7. The Morgan fingerprint density at radius 2 is 2.13 bits per heavy atom. The average molecular weight is 399 g/mol. The Hall–Kier alpha value is -2.05. The van der Waals surface area contributed by atoms with E-state index >= 15 is 0 Å². The van der Waals surface area contributed by atoms with Crippen LogP contribution in [0, 0.1) is 6.92 Å². The molecule has 1 N–H and O–H groups in total. The average Bonchev–Trinajstić information content (AvgIpc) is 2.92. The third kappa shape index (κ3) is 5.58. The van der Waals surface area contributed by atoms with Gasteiger partial charge >= 0.3 is 5.97 Å². The van der Waals surface area contributed by atoms with Crippen molar-refractivity contribution in [1.82, 2.24) is 0 Å². The smallest absolute Gasteiger partial charge is 0.331 e. The highest BCUT2D eigenvalue weighted by Gasteiger charge is 2.07. The first-order valence-electron chi connectivity index (χ1n) is 6.60. The predicted molar refractivity (Wildman–Crippen MR) is 91.2 cm³/mol. The Bertz CT molecular complexity index is 754. The number of aryl methyl sites for hydroxylation is 1. The molecular weight excluding hydrogens is 386 g/mol. The molecule has 5 nitrogen and oxygen atoms in total. The Labute approximate surface area is 146 Å².